The first kappa shape index (κ1) is 16.4. The molecule has 1 aliphatic heterocycles. The van der Waals surface area contributed by atoms with E-state index in [-0.39, 0.29) is 5.91 Å². The third-order valence-electron chi connectivity index (χ3n) is 3.70. The van der Waals surface area contributed by atoms with E-state index in [9.17, 15) is 9.90 Å². The number of aliphatic hydroxyl groups excluding tert-OH is 1. The van der Waals surface area contributed by atoms with E-state index in [1.165, 1.54) is 0 Å². The van der Waals surface area contributed by atoms with Gasteiger partial charge in [0.2, 0.25) is 5.91 Å². The van der Waals surface area contributed by atoms with Crippen molar-refractivity contribution in [3.63, 3.8) is 0 Å². The van der Waals surface area contributed by atoms with Crippen LogP contribution in [0.5, 0.6) is 0 Å². The monoisotopic (exact) mass is 272 g/mol. The molecule has 1 atom stereocenters. The zero-order chi connectivity index (χ0) is 14.3. The van der Waals surface area contributed by atoms with E-state index in [4.69, 9.17) is 4.74 Å². The third kappa shape index (κ3) is 5.09. The van der Waals surface area contributed by atoms with Crippen LogP contribution in [0.3, 0.4) is 0 Å². The number of hydrogen-bond acceptors (Lipinski definition) is 4. The van der Waals surface area contributed by atoms with E-state index in [1.807, 2.05) is 0 Å². The Hall–Kier alpha value is -0.650. The van der Waals surface area contributed by atoms with Gasteiger partial charge in [-0.3, -0.25) is 4.79 Å². The highest BCUT2D eigenvalue weighted by Crippen LogP contribution is 2.29. The highest BCUT2D eigenvalue weighted by atomic mass is 16.5. The predicted octanol–water partition coefficient (Wildman–Crippen LogP) is 0.526. The summed E-state index contributed by atoms with van der Waals surface area (Å²) in [7, 11) is 1.63. The molecule has 0 aromatic rings. The number of aliphatic hydroxyl groups is 1. The van der Waals surface area contributed by atoms with Crippen LogP contribution in [0.25, 0.3) is 0 Å². The van der Waals surface area contributed by atoms with Gasteiger partial charge in [0.05, 0.1) is 18.1 Å². The zero-order valence-electron chi connectivity index (χ0n) is 12.4. The second kappa shape index (κ2) is 7.82. The van der Waals surface area contributed by atoms with Crippen molar-refractivity contribution in [3.8, 4) is 0 Å². The number of carbonyl (C=O) groups excluding carboxylic acids is 1. The Bertz CT molecular complexity index is 270. The van der Waals surface area contributed by atoms with Crippen molar-refractivity contribution in [2.45, 2.75) is 39.2 Å². The molecule has 0 aromatic heterocycles. The lowest BCUT2D eigenvalue weighted by Crippen LogP contribution is -2.51. The molecule has 0 aliphatic carbocycles. The molecule has 19 heavy (non-hydrogen) atoms. The van der Waals surface area contributed by atoms with Gasteiger partial charge in [-0.1, -0.05) is 13.8 Å². The Kier molecular flexibility index (Phi) is 6.75. The van der Waals surface area contributed by atoms with Crippen LogP contribution in [0.4, 0.5) is 0 Å². The van der Waals surface area contributed by atoms with Gasteiger partial charge < -0.3 is 20.5 Å². The summed E-state index contributed by atoms with van der Waals surface area (Å²) in [6.07, 6.45) is 1.81. The topological polar surface area (TPSA) is 70.6 Å². The maximum Gasteiger partial charge on any atom is 0.228 e. The summed E-state index contributed by atoms with van der Waals surface area (Å²) in [6, 6.07) is 0. The fourth-order valence-corrected chi connectivity index (χ4v) is 2.64. The molecular weight excluding hydrogens is 244 g/mol. The number of methoxy groups -OCH3 is 1. The SMILES string of the molecule is COCC1(C(=O)NCC(O)CC(C)C)CCNCC1. The Labute approximate surface area is 116 Å². The molecular formula is C14H28N2O3. The molecule has 5 heteroatoms. The van der Waals surface area contributed by atoms with Crippen LogP contribution in [0, 0.1) is 11.3 Å². The van der Waals surface area contributed by atoms with Gasteiger partial charge >= 0.3 is 0 Å². The minimum atomic E-state index is -0.467. The van der Waals surface area contributed by atoms with E-state index in [0.29, 0.717) is 25.5 Å². The maximum absolute atomic E-state index is 12.4. The second-order valence-corrected chi connectivity index (χ2v) is 5.96. The summed E-state index contributed by atoms with van der Waals surface area (Å²) in [5.74, 6) is 0.442. The van der Waals surface area contributed by atoms with Crippen molar-refractivity contribution in [3.05, 3.63) is 0 Å². The highest BCUT2D eigenvalue weighted by Gasteiger charge is 2.39. The highest BCUT2D eigenvalue weighted by molar-refractivity contribution is 5.83. The number of hydrogen-bond donors (Lipinski definition) is 3. The van der Waals surface area contributed by atoms with E-state index in [1.54, 1.807) is 7.11 Å². The van der Waals surface area contributed by atoms with Gasteiger partial charge in [0.15, 0.2) is 0 Å². The Morgan fingerprint density at radius 1 is 1.42 bits per heavy atom. The average molecular weight is 272 g/mol. The molecule has 1 aliphatic rings. The van der Waals surface area contributed by atoms with Gasteiger partial charge in [-0.15, -0.1) is 0 Å². The number of ether oxygens (including phenoxy) is 1. The van der Waals surface area contributed by atoms with Crippen LogP contribution in [-0.2, 0) is 9.53 Å². The molecule has 0 saturated carbocycles. The van der Waals surface area contributed by atoms with E-state index >= 15 is 0 Å². The number of rotatable bonds is 7. The fraction of sp³-hybridized carbons (Fsp3) is 0.929. The van der Waals surface area contributed by atoms with Crippen molar-refractivity contribution in [1.29, 1.82) is 0 Å². The molecule has 0 bridgehead atoms. The molecule has 5 nitrogen and oxygen atoms in total. The Balaban J connectivity index is 2.48. The molecule has 0 aromatic carbocycles. The summed E-state index contributed by atoms with van der Waals surface area (Å²) in [5.41, 5.74) is -0.433. The van der Waals surface area contributed by atoms with Gasteiger partial charge in [-0.05, 0) is 38.3 Å². The summed E-state index contributed by atoms with van der Waals surface area (Å²) in [6.45, 7) is 6.57. The van der Waals surface area contributed by atoms with E-state index < -0.39 is 11.5 Å². The van der Waals surface area contributed by atoms with Gasteiger partial charge in [0.25, 0.3) is 0 Å². The molecule has 1 rings (SSSR count). The van der Waals surface area contributed by atoms with Crippen LogP contribution in [0.15, 0.2) is 0 Å². The van der Waals surface area contributed by atoms with Crippen LogP contribution in [0.1, 0.15) is 33.1 Å². The zero-order valence-corrected chi connectivity index (χ0v) is 12.4. The van der Waals surface area contributed by atoms with E-state index in [2.05, 4.69) is 24.5 Å². The van der Waals surface area contributed by atoms with Crippen molar-refractivity contribution in [2.24, 2.45) is 11.3 Å². The van der Waals surface area contributed by atoms with Gasteiger partial charge in [0, 0.05) is 13.7 Å². The van der Waals surface area contributed by atoms with Crippen molar-refractivity contribution in [1.82, 2.24) is 10.6 Å². The molecule has 0 radical (unpaired) electrons. The van der Waals surface area contributed by atoms with Crippen LogP contribution >= 0.6 is 0 Å². The molecule has 112 valence electrons. The summed E-state index contributed by atoms with van der Waals surface area (Å²) in [5, 5.41) is 16.0. The fourth-order valence-electron chi connectivity index (χ4n) is 2.64. The lowest BCUT2D eigenvalue weighted by atomic mass is 9.78. The first-order chi connectivity index (χ1) is 9.00. The molecule has 3 N–H and O–H groups in total. The second-order valence-electron chi connectivity index (χ2n) is 5.96. The Morgan fingerprint density at radius 3 is 2.58 bits per heavy atom. The average Bonchev–Trinajstić information content (AvgIpc) is 2.36. The van der Waals surface area contributed by atoms with Crippen LogP contribution in [0.2, 0.25) is 0 Å². The minimum Gasteiger partial charge on any atom is -0.391 e. The summed E-state index contributed by atoms with van der Waals surface area (Å²) in [4.78, 5) is 12.4. The molecule has 1 fully saturated rings. The largest absolute Gasteiger partial charge is 0.391 e. The normalized spacial score (nSPS) is 20.3. The van der Waals surface area contributed by atoms with Gasteiger partial charge in [-0.25, -0.2) is 0 Å². The minimum absolute atomic E-state index is 0.0126. The van der Waals surface area contributed by atoms with Gasteiger partial charge in [0.1, 0.15) is 0 Å². The molecule has 1 heterocycles. The number of amides is 1. The predicted molar refractivity (Wildman–Crippen MR) is 74.9 cm³/mol. The molecule has 0 spiro atoms. The first-order valence-electron chi connectivity index (χ1n) is 7.16. The summed E-state index contributed by atoms with van der Waals surface area (Å²) >= 11 is 0. The molecule has 1 unspecified atom stereocenters. The smallest absolute Gasteiger partial charge is 0.228 e. The Morgan fingerprint density at radius 2 is 2.05 bits per heavy atom. The van der Waals surface area contributed by atoms with Crippen molar-refractivity contribution >= 4 is 5.91 Å². The van der Waals surface area contributed by atoms with Crippen molar-refractivity contribution in [2.75, 3.05) is 33.4 Å². The molecule has 1 saturated heterocycles. The van der Waals surface area contributed by atoms with Crippen LogP contribution in [-0.4, -0.2) is 50.5 Å². The maximum atomic E-state index is 12.4. The number of nitrogens with one attached hydrogen (secondary N) is 2. The standard InChI is InChI=1S/C14H28N2O3/c1-11(2)8-12(17)9-16-13(18)14(10-19-3)4-6-15-7-5-14/h11-12,15,17H,4-10H2,1-3H3,(H,16,18). The lowest BCUT2D eigenvalue weighted by Gasteiger charge is -2.35. The number of carbonyl (C=O) groups is 1. The lowest BCUT2D eigenvalue weighted by molar-refractivity contribution is -0.136. The van der Waals surface area contributed by atoms with E-state index in [0.717, 1.165) is 25.9 Å². The summed E-state index contributed by atoms with van der Waals surface area (Å²) < 4.78 is 5.23. The molecule has 1 amide bonds. The van der Waals surface area contributed by atoms with Crippen molar-refractivity contribution < 1.29 is 14.6 Å². The van der Waals surface area contributed by atoms with Crippen LogP contribution < -0.4 is 10.6 Å². The number of piperidine rings is 1. The quantitative estimate of drug-likeness (QED) is 0.632. The third-order valence-corrected chi connectivity index (χ3v) is 3.70. The first-order valence-corrected chi connectivity index (χ1v) is 7.16. The van der Waals surface area contributed by atoms with Gasteiger partial charge in [-0.2, -0.15) is 0 Å².